The van der Waals surface area contributed by atoms with Crippen LogP contribution in [0.4, 0.5) is 0 Å². The Morgan fingerprint density at radius 2 is 2.14 bits per heavy atom. The number of hydrogen-bond donors (Lipinski definition) is 1. The molecule has 0 saturated carbocycles. The summed E-state index contributed by atoms with van der Waals surface area (Å²) in [7, 11) is -1.56. The quantitative estimate of drug-likeness (QED) is 0.876. The van der Waals surface area contributed by atoms with Crippen molar-refractivity contribution in [3.8, 4) is 0 Å². The van der Waals surface area contributed by atoms with Crippen LogP contribution in [0.5, 0.6) is 0 Å². The number of furan rings is 1. The maximum atomic E-state index is 12.2. The Labute approximate surface area is 122 Å². The van der Waals surface area contributed by atoms with Gasteiger partial charge < -0.3 is 14.4 Å². The topological polar surface area (TPSA) is 105 Å². The highest BCUT2D eigenvalue weighted by atomic mass is 32.2. The number of carbonyl (C=O) groups excluding carboxylic acids is 1. The molecule has 0 bridgehead atoms. The van der Waals surface area contributed by atoms with Crippen LogP contribution in [0.1, 0.15) is 28.3 Å². The van der Waals surface area contributed by atoms with E-state index in [0.29, 0.717) is 12.2 Å². The van der Waals surface area contributed by atoms with E-state index in [-0.39, 0.29) is 35.3 Å². The standard InChI is InChI=1S/C13H17NO6S/c1-8-11(13(16)17)5-10(20-8)6-14(2)12(15)9-3-4-21(18,19)7-9/h5,9H,3-4,6-7H2,1-2H3,(H,16,17). The summed E-state index contributed by atoms with van der Waals surface area (Å²) in [5.74, 6) is -1.30. The predicted octanol–water partition coefficient (Wildman–Crippen LogP) is 0.679. The van der Waals surface area contributed by atoms with Gasteiger partial charge in [-0.15, -0.1) is 0 Å². The summed E-state index contributed by atoms with van der Waals surface area (Å²) in [4.78, 5) is 24.5. The molecule has 1 aromatic rings. The maximum absolute atomic E-state index is 12.2. The summed E-state index contributed by atoms with van der Waals surface area (Å²) in [5, 5.41) is 8.95. The third-order valence-electron chi connectivity index (χ3n) is 3.55. The van der Waals surface area contributed by atoms with Crippen molar-refractivity contribution < 1.29 is 27.5 Å². The number of carboxylic acid groups (broad SMARTS) is 1. The highest BCUT2D eigenvalue weighted by Gasteiger charge is 2.34. The molecule has 0 aliphatic carbocycles. The van der Waals surface area contributed by atoms with E-state index in [1.807, 2.05) is 0 Å². The smallest absolute Gasteiger partial charge is 0.339 e. The SMILES string of the molecule is Cc1oc(CN(C)C(=O)C2CCS(=O)(=O)C2)cc1C(=O)O. The second-order valence-corrected chi connectivity index (χ2v) is 7.51. The van der Waals surface area contributed by atoms with Crippen LogP contribution < -0.4 is 0 Å². The zero-order valence-electron chi connectivity index (χ0n) is 11.8. The zero-order valence-corrected chi connectivity index (χ0v) is 12.6. The van der Waals surface area contributed by atoms with Crippen molar-refractivity contribution in [2.45, 2.75) is 19.9 Å². The monoisotopic (exact) mass is 315 g/mol. The highest BCUT2D eigenvalue weighted by molar-refractivity contribution is 7.91. The minimum atomic E-state index is -3.11. The number of aryl methyl sites for hydroxylation is 1. The van der Waals surface area contributed by atoms with Gasteiger partial charge in [0, 0.05) is 7.05 Å². The van der Waals surface area contributed by atoms with Crippen LogP contribution in [0.15, 0.2) is 10.5 Å². The van der Waals surface area contributed by atoms with Gasteiger partial charge in [0.15, 0.2) is 9.84 Å². The molecule has 116 valence electrons. The lowest BCUT2D eigenvalue weighted by Crippen LogP contribution is -2.33. The van der Waals surface area contributed by atoms with Gasteiger partial charge in [0.2, 0.25) is 5.91 Å². The fraction of sp³-hybridized carbons (Fsp3) is 0.538. The molecule has 0 spiro atoms. The molecule has 1 aliphatic rings. The van der Waals surface area contributed by atoms with Crippen LogP contribution >= 0.6 is 0 Å². The van der Waals surface area contributed by atoms with Gasteiger partial charge in [0.25, 0.3) is 0 Å². The van der Waals surface area contributed by atoms with Crippen molar-refractivity contribution in [2.24, 2.45) is 5.92 Å². The van der Waals surface area contributed by atoms with E-state index < -0.39 is 21.7 Å². The molecule has 1 atom stereocenters. The number of rotatable bonds is 4. The van der Waals surface area contributed by atoms with E-state index in [9.17, 15) is 18.0 Å². The first kappa shape index (κ1) is 15.6. The van der Waals surface area contributed by atoms with Crippen LogP contribution in [0.25, 0.3) is 0 Å². The molecule has 21 heavy (non-hydrogen) atoms. The van der Waals surface area contributed by atoms with E-state index in [1.54, 1.807) is 7.05 Å². The Morgan fingerprint density at radius 3 is 2.62 bits per heavy atom. The molecule has 2 heterocycles. The Bertz CT molecular complexity index is 675. The molecule has 1 amide bonds. The molecular formula is C13H17NO6S. The maximum Gasteiger partial charge on any atom is 0.339 e. The Hall–Kier alpha value is -1.83. The number of carboxylic acids is 1. The fourth-order valence-corrected chi connectivity index (χ4v) is 4.18. The van der Waals surface area contributed by atoms with Gasteiger partial charge in [0.1, 0.15) is 17.1 Å². The van der Waals surface area contributed by atoms with Gasteiger partial charge in [-0.1, -0.05) is 0 Å². The zero-order chi connectivity index (χ0) is 15.8. The number of nitrogens with zero attached hydrogens (tertiary/aromatic N) is 1. The normalized spacial score (nSPS) is 20.4. The third kappa shape index (κ3) is 3.44. The molecule has 8 heteroatoms. The Kier molecular flexibility index (Phi) is 4.08. The van der Waals surface area contributed by atoms with Gasteiger partial charge in [-0.25, -0.2) is 13.2 Å². The van der Waals surface area contributed by atoms with E-state index in [1.165, 1.54) is 17.9 Å². The highest BCUT2D eigenvalue weighted by Crippen LogP contribution is 2.22. The average Bonchev–Trinajstić information content (AvgIpc) is 2.91. The van der Waals surface area contributed by atoms with E-state index in [0.717, 1.165) is 0 Å². The second kappa shape index (κ2) is 5.51. The van der Waals surface area contributed by atoms with Crippen LogP contribution in [0, 0.1) is 12.8 Å². The summed E-state index contributed by atoms with van der Waals surface area (Å²) >= 11 is 0. The minimum Gasteiger partial charge on any atom is -0.478 e. The van der Waals surface area contributed by atoms with Crippen molar-refractivity contribution in [2.75, 3.05) is 18.6 Å². The summed E-state index contributed by atoms with van der Waals surface area (Å²) in [6.07, 6.45) is 0.336. The molecule has 7 nitrogen and oxygen atoms in total. The largest absolute Gasteiger partial charge is 0.478 e. The summed E-state index contributed by atoms with van der Waals surface area (Å²) in [5.41, 5.74) is 0.0642. The van der Waals surface area contributed by atoms with E-state index in [4.69, 9.17) is 9.52 Å². The van der Waals surface area contributed by atoms with Crippen LogP contribution in [0.2, 0.25) is 0 Å². The van der Waals surface area contributed by atoms with Gasteiger partial charge >= 0.3 is 5.97 Å². The third-order valence-corrected chi connectivity index (χ3v) is 5.32. The van der Waals surface area contributed by atoms with Gasteiger partial charge in [0.05, 0.1) is 24.0 Å². The molecule has 0 radical (unpaired) electrons. The number of carbonyl (C=O) groups is 2. The summed E-state index contributed by atoms with van der Waals surface area (Å²) in [6.45, 7) is 1.65. The van der Waals surface area contributed by atoms with Crippen LogP contribution in [-0.2, 0) is 21.2 Å². The number of sulfone groups is 1. The molecule has 1 N–H and O–H groups in total. The first-order valence-corrected chi connectivity index (χ1v) is 8.30. The minimum absolute atomic E-state index is 0.0419. The lowest BCUT2D eigenvalue weighted by atomic mass is 10.1. The molecule has 0 aromatic carbocycles. The Balaban J connectivity index is 2.04. The van der Waals surface area contributed by atoms with E-state index >= 15 is 0 Å². The molecule has 1 fully saturated rings. The number of amides is 1. The average molecular weight is 315 g/mol. The molecule has 1 aliphatic heterocycles. The van der Waals surface area contributed by atoms with Crippen molar-refractivity contribution in [1.29, 1.82) is 0 Å². The van der Waals surface area contributed by atoms with Gasteiger partial charge in [-0.2, -0.15) is 0 Å². The number of hydrogen-bond acceptors (Lipinski definition) is 5. The molecular weight excluding hydrogens is 298 g/mol. The first-order valence-electron chi connectivity index (χ1n) is 6.47. The summed E-state index contributed by atoms with van der Waals surface area (Å²) in [6, 6.07) is 1.38. The molecule has 1 saturated heterocycles. The van der Waals surface area contributed by atoms with Crippen molar-refractivity contribution >= 4 is 21.7 Å². The molecule has 1 aromatic heterocycles. The predicted molar refractivity (Wildman–Crippen MR) is 73.6 cm³/mol. The Morgan fingerprint density at radius 1 is 1.48 bits per heavy atom. The van der Waals surface area contributed by atoms with Crippen LogP contribution in [-0.4, -0.2) is 48.9 Å². The van der Waals surface area contributed by atoms with Gasteiger partial charge in [-0.3, -0.25) is 4.79 Å². The lowest BCUT2D eigenvalue weighted by molar-refractivity contribution is -0.134. The van der Waals surface area contributed by atoms with Crippen molar-refractivity contribution in [3.63, 3.8) is 0 Å². The van der Waals surface area contributed by atoms with Crippen molar-refractivity contribution in [3.05, 3.63) is 23.2 Å². The van der Waals surface area contributed by atoms with E-state index in [2.05, 4.69) is 0 Å². The molecule has 2 rings (SSSR count). The van der Waals surface area contributed by atoms with Gasteiger partial charge in [-0.05, 0) is 19.4 Å². The number of aromatic carboxylic acids is 1. The fourth-order valence-electron chi connectivity index (χ4n) is 2.45. The summed E-state index contributed by atoms with van der Waals surface area (Å²) < 4.78 is 28.1. The van der Waals surface area contributed by atoms with Crippen molar-refractivity contribution in [1.82, 2.24) is 4.90 Å². The second-order valence-electron chi connectivity index (χ2n) is 5.28. The first-order chi connectivity index (χ1) is 9.69. The molecule has 1 unspecified atom stereocenters. The lowest BCUT2D eigenvalue weighted by Gasteiger charge is -2.19. The van der Waals surface area contributed by atoms with Crippen LogP contribution in [0.3, 0.4) is 0 Å².